The van der Waals surface area contributed by atoms with Crippen molar-refractivity contribution in [2.24, 2.45) is 0 Å². The Hall–Kier alpha value is -1.87. The summed E-state index contributed by atoms with van der Waals surface area (Å²) < 4.78 is 52.7. The fraction of sp³-hybridized carbons (Fsp3) is 0.471. The van der Waals surface area contributed by atoms with Gasteiger partial charge in [-0.3, -0.25) is 4.72 Å². The van der Waals surface area contributed by atoms with Crippen molar-refractivity contribution in [3.05, 3.63) is 42.1 Å². The van der Waals surface area contributed by atoms with Gasteiger partial charge < -0.3 is 0 Å². The summed E-state index contributed by atoms with van der Waals surface area (Å²) in [5.74, 6) is 0.341. The molecule has 1 fully saturated rings. The molecule has 1 aromatic heterocycles. The molecule has 26 heavy (non-hydrogen) atoms. The van der Waals surface area contributed by atoms with Crippen molar-refractivity contribution in [3.8, 4) is 0 Å². The van der Waals surface area contributed by atoms with Crippen LogP contribution < -0.4 is 4.72 Å². The van der Waals surface area contributed by atoms with Gasteiger partial charge in [-0.15, -0.1) is 0 Å². The molecule has 9 heteroatoms. The van der Waals surface area contributed by atoms with Crippen LogP contribution in [0.3, 0.4) is 0 Å². The highest BCUT2D eigenvalue weighted by atomic mass is 32.2. The van der Waals surface area contributed by atoms with Crippen LogP contribution in [0.25, 0.3) is 0 Å². The zero-order valence-electron chi connectivity index (χ0n) is 15.0. The second-order valence-corrected chi connectivity index (χ2v) is 11.5. The number of sulfone groups is 1. The number of nitrogens with one attached hydrogen (secondary N) is 1. The summed E-state index contributed by atoms with van der Waals surface area (Å²) in [5.41, 5.74) is 0.972. The van der Waals surface area contributed by atoms with E-state index in [2.05, 4.69) is 30.6 Å². The number of aromatic nitrogens is 2. The van der Waals surface area contributed by atoms with Gasteiger partial charge >= 0.3 is 0 Å². The fourth-order valence-electron chi connectivity index (χ4n) is 2.99. The number of anilines is 1. The Labute approximate surface area is 154 Å². The SMILES string of the molecule is CC(C)(C)c1ccc(S(=O)(=O)Nc2ccnn2[C@H]2CCS(=O)(=O)C2)cc1. The Morgan fingerprint density at radius 3 is 2.35 bits per heavy atom. The summed E-state index contributed by atoms with van der Waals surface area (Å²) in [6.45, 7) is 6.18. The summed E-state index contributed by atoms with van der Waals surface area (Å²) in [4.78, 5) is 0.150. The van der Waals surface area contributed by atoms with Gasteiger partial charge in [0, 0.05) is 6.07 Å². The van der Waals surface area contributed by atoms with E-state index in [0.717, 1.165) is 5.56 Å². The van der Waals surface area contributed by atoms with Crippen LogP contribution in [-0.2, 0) is 25.3 Å². The summed E-state index contributed by atoms with van der Waals surface area (Å²) in [7, 11) is -6.88. The maximum Gasteiger partial charge on any atom is 0.263 e. The van der Waals surface area contributed by atoms with Gasteiger partial charge in [-0.25, -0.2) is 21.5 Å². The minimum atomic E-state index is -3.79. The molecule has 0 amide bonds. The molecule has 0 aliphatic carbocycles. The topological polar surface area (TPSA) is 98.1 Å². The monoisotopic (exact) mass is 397 g/mol. The first-order valence-corrected chi connectivity index (χ1v) is 11.7. The van der Waals surface area contributed by atoms with E-state index in [1.807, 2.05) is 0 Å². The first-order chi connectivity index (χ1) is 12.0. The molecule has 1 aliphatic heterocycles. The number of hydrogen-bond acceptors (Lipinski definition) is 5. The van der Waals surface area contributed by atoms with Crippen LogP contribution >= 0.6 is 0 Å². The highest BCUT2D eigenvalue weighted by Gasteiger charge is 2.31. The quantitative estimate of drug-likeness (QED) is 0.854. The van der Waals surface area contributed by atoms with Gasteiger partial charge in [0.05, 0.1) is 28.6 Å². The largest absolute Gasteiger partial charge is 0.264 e. The van der Waals surface area contributed by atoms with Gasteiger partial charge in [0.2, 0.25) is 0 Å². The van der Waals surface area contributed by atoms with E-state index in [1.165, 1.54) is 16.9 Å². The van der Waals surface area contributed by atoms with Crippen LogP contribution in [0, 0.1) is 0 Å². The van der Waals surface area contributed by atoms with Crippen molar-refractivity contribution >= 4 is 25.7 Å². The molecule has 0 radical (unpaired) electrons. The molecule has 1 atom stereocenters. The number of rotatable bonds is 4. The number of hydrogen-bond donors (Lipinski definition) is 1. The summed E-state index contributed by atoms with van der Waals surface area (Å²) in [6.07, 6.45) is 1.89. The summed E-state index contributed by atoms with van der Waals surface area (Å²) in [5, 5.41) is 4.11. The van der Waals surface area contributed by atoms with E-state index in [0.29, 0.717) is 6.42 Å². The van der Waals surface area contributed by atoms with Gasteiger partial charge in [0.25, 0.3) is 10.0 Å². The molecule has 142 valence electrons. The van der Waals surface area contributed by atoms with Gasteiger partial charge in [-0.2, -0.15) is 5.10 Å². The average molecular weight is 398 g/mol. The standard InChI is InChI=1S/C17H23N3O4S2/c1-17(2,3)13-4-6-15(7-5-13)26(23,24)19-16-8-10-18-20(16)14-9-11-25(21,22)12-14/h4-8,10,14,19H,9,11-12H2,1-3H3/t14-/m0/s1. The van der Waals surface area contributed by atoms with E-state index >= 15 is 0 Å². The molecule has 2 aromatic rings. The van der Waals surface area contributed by atoms with Crippen molar-refractivity contribution in [2.75, 3.05) is 16.2 Å². The molecule has 0 spiro atoms. The first kappa shape index (κ1) is 18.9. The minimum Gasteiger partial charge on any atom is -0.264 e. The lowest BCUT2D eigenvalue weighted by Gasteiger charge is -2.19. The van der Waals surface area contributed by atoms with Crippen LogP contribution in [0.2, 0.25) is 0 Å². The van der Waals surface area contributed by atoms with Gasteiger partial charge in [0.15, 0.2) is 9.84 Å². The molecule has 3 rings (SSSR count). The Bertz CT molecular complexity index is 1000. The minimum absolute atomic E-state index is 0.0241. The average Bonchev–Trinajstić information content (AvgIpc) is 3.12. The van der Waals surface area contributed by atoms with Crippen molar-refractivity contribution < 1.29 is 16.8 Å². The van der Waals surface area contributed by atoms with Gasteiger partial charge in [0.1, 0.15) is 5.82 Å². The lowest BCUT2D eigenvalue weighted by molar-refractivity contribution is 0.506. The molecular weight excluding hydrogens is 374 g/mol. The third-order valence-corrected chi connectivity index (χ3v) is 7.62. The van der Waals surface area contributed by atoms with E-state index in [1.54, 1.807) is 24.3 Å². The van der Waals surface area contributed by atoms with Crippen LogP contribution in [0.15, 0.2) is 41.4 Å². The number of nitrogens with zero attached hydrogens (tertiary/aromatic N) is 2. The predicted octanol–water partition coefficient (Wildman–Crippen LogP) is 2.34. The maximum atomic E-state index is 12.7. The highest BCUT2D eigenvalue weighted by Crippen LogP contribution is 2.28. The molecule has 1 N–H and O–H groups in total. The van der Waals surface area contributed by atoms with Crippen molar-refractivity contribution in [2.45, 2.75) is 43.5 Å². The van der Waals surface area contributed by atoms with E-state index in [4.69, 9.17) is 0 Å². The molecule has 1 aliphatic rings. The third kappa shape index (κ3) is 3.93. The molecule has 7 nitrogen and oxygen atoms in total. The summed E-state index contributed by atoms with van der Waals surface area (Å²) >= 11 is 0. The molecule has 0 unspecified atom stereocenters. The van der Waals surface area contributed by atoms with Gasteiger partial charge in [-0.1, -0.05) is 32.9 Å². The zero-order chi connectivity index (χ0) is 19.2. The Kier molecular flexibility index (Phi) is 4.64. The highest BCUT2D eigenvalue weighted by molar-refractivity contribution is 7.92. The molecule has 1 aromatic carbocycles. The number of sulfonamides is 1. The lowest BCUT2D eigenvalue weighted by Crippen LogP contribution is -2.20. The van der Waals surface area contributed by atoms with Crippen molar-refractivity contribution in [1.29, 1.82) is 0 Å². The van der Waals surface area contributed by atoms with Crippen molar-refractivity contribution in [1.82, 2.24) is 9.78 Å². The molecular formula is C17H23N3O4S2. The molecule has 0 saturated carbocycles. The smallest absolute Gasteiger partial charge is 0.263 e. The lowest BCUT2D eigenvalue weighted by atomic mass is 9.87. The first-order valence-electron chi connectivity index (χ1n) is 8.35. The molecule has 1 saturated heterocycles. The van der Waals surface area contributed by atoms with Crippen LogP contribution in [0.1, 0.15) is 38.8 Å². The van der Waals surface area contributed by atoms with E-state index in [-0.39, 0.29) is 33.7 Å². The number of benzene rings is 1. The summed E-state index contributed by atoms with van der Waals surface area (Å²) in [6, 6.07) is 7.93. The third-order valence-electron chi connectivity index (χ3n) is 4.49. The maximum absolute atomic E-state index is 12.7. The van der Waals surface area contributed by atoms with E-state index < -0.39 is 19.9 Å². The van der Waals surface area contributed by atoms with E-state index in [9.17, 15) is 16.8 Å². The molecule has 0 bridgehead atoms. The normalized spacial score (nSPS) is 20.2. The van der Waals surface area contributed by atoms with Crippen LogP contribution in [0.5, 0.6) is 0 Å². The molecule has 2 heterocycles. The fourth-order valence-corrected chi connectivity index (χ4v) is 5.73. The second-order valence-electron chi connectivity index (χ2n) is 7.60. The van der Waals surface area contributed by atoms with Gasteiger partial charge in [-0.05, 0) is 29.5 Å². The van der Waals surface area contributed by atoms with Crippen LogP contribution in [0.4, 0.5) is 5.82 Å². The predicted molar refractivity (Wildman–Crippen MR) is 100 cm³/mol. The zero-order valence-corrected chi connectivity index (χ0v) is 16.6. The Morgan fingerprint density at radius 2 is 1.81 bits per heavy atom. The second kappa shape index (κ2) is 6.38. The Balaban J connectivity index is 1.84. The van der Waals surface area contributed by atoms with Crippen molar-refractivity contribution in [3.63, 3.8) is 0 Å². The Morgan fingerprint density at radius 1 is 1.15 bits per heavy atom. The van der Waals surface area contributed by atoms with Crippen LogP contribution in [-0.4, -0.2) is 38.1 Å².